The van der Waals surface area contributed by atoms with Gasteiger partial charge in [-0.05, 0) is 31.5 Å². The van der Waals surface area contributed by atoms with Gasteiger partial charge < -0.3 is 10.2 Å². The van der Waals surface area contributed by atoms with Crippen molar-refractivity contribution < 1.29 is 22.8 Å². The third-order valence-electron chi connectivity index (χ3n) is 4.89. The van der Waals surface area contributed by atoms with E-state index < -0.39 is 17.6 Å². The number of nitrogens with zero attached hydrogens (tertiary/aromatic N) is 2. The molecule has 1 aliphatic rings. The highest BCUT2D eigenvalue weighted by Gasteiger charge is 2.33. The third-order valence-corrected chi connectivity index (χ3v) is 4.89. The van der Waals surface area contributed by atoms with Gasteiger partial charge in [-0.25, -0.2) is 0 Å². The maximum atomic E-state index is 13.1. The Labute approximate surface area is 163 Å². The normalized spacial score (nSPS) is 15.8. The maximum absolute atomic E-state index is 13.1. The molecule has 0 unspecified atom stereocenters. The molecule has 156 valence electrons. The van der Waals surface area contributed by atoms with Crippen LogP contribution < -0.4 is 5.32 Å². The van der Waals surface area contributed by atoms with Gasteiger partial charge in [-0.3, -0.25) is 14.5 Å². The van der Waals surface area contributed by atoms with Gasteiger partial charge in [0.1, 0.15) is 0 Å². The summed E-state index contributed by atoms with van der Waals surface area (Å²) in [7, 11) is 0. The van der Waals surface area contributed by atoms with E-state index in [9.17, 15) is 22.8 Å². The molecule has 1 fully saturated rings. The number of rotatable bonds is 6. The van der Waals surface area contributed by atoms with E-state index in [1.54, 1.807) is 4.90 Å². The zero-order chi connectivity index (χ0) is 20.6. The van der Waals surface area contributed by atoms with Gasteiger partial charge in [-0.15, -0.1) is 0 Å². The van der Waals surface area contributed by atoms with Crippen LogP contribution in [0.2, 0.25) is 0 Å². The molecule has 2 rings (SSSR count). The Balaban J connectivity index is 1.93. The summed E-state index contributed by atoms with van der Waals surface area (Å²) in [6.45, 7) is 3.67. The van der Waals surface area contributed by atoms with E-state index >= 15 is 0 Å². The Morgan fingerprint density at radius 1 is 1.04 bits per heavy atom. The fraction of sp³-hybridized carbons (Fsp3) is 0.600. The van der Waals surface area contributed by atoms with Crippen LogP contribution in [0.25, 0.3) is 0 Å². The van der Waals surface area contributed by atoms with Crippen LogP contribution in [0.4, 0.5) is 18.9 Å². The van der Waals surface area contributed by atoms with Crippen molar-refractivity contribution in [2.75, 3.05) is 38.0 Å². The van der Waals surface area contributed by atoms with Gasteiger partial charge in [0.25, 0.3) is 0 Å². The summed E-state index contributed by atoms with van der Waals surface area (Å²) in [6.07, 6.45) is 0.836. The van der Waals surface area contributed by atoms with Crippen LogP contribution in [0.15, 0.2) is 24.3 Å². The number of likely N-dealkylation sites (N-methyl/N-ethyl adjacent to an activating group) is 1. The van der Waals surface area contributed by atoms with Crippen molar-refractivity contribution in [2.24, 2.45) is 0 Å². The lowest BCUT2D eigenvalue weighted by Crippen LogP contribution is -2.44. The van der Waals surface area contributed by atoms with E-state index in [4.69, 9.17) is 0 Å². The number of carbonyl (C=O) groups is 2. The molecule has 0 radical (unpaired) electrons. The number of halogens is 3. The number of anilines is 1. The smallest absolute Gasteiger partial charge is 0.342 e. The van der Waals surface area contributed by atoms with Crippen molar-refractivity contribution in [3.63, 3.8) is 0 Å². The topological polar surface area (TPSA) is 52.7 Å². The summed E-state index contributed by atoms with van der Waals surface area (Å²) in [6, 6.07) is 4.87. The van der Waals surface area contributed by atoms with Crippen molar-refractivity contribution in [1.82, 2.24) is 9.80 Å². The second kappa shape index (κ2) is 10.5. The molecule has 0 spiro atoms. The number of benzene rings is 1. The molecule has 5 nitrogen and oxygen atoms in total. The average Bonchev–Trinajstić information content (AvgIpc) is 2.60. The molecular weight excluding hydrogens is 371 g/mol. The molecule has 1 aromatic rings. The lowest BCUT2D eigenvalue weighted by molar-refractivity contribution is -0.137. The monoisotopic (exact) mass is 399 g/mol. The standard InChI is InChI=1S/C20H28F3N3O2/c1-2-25(15-19(28)26-12-8-4-3-5-9-13-26)14-18(27)24-17-11-7-6-10-16(17)20(21,22)23/h6-7,10-11H,2-5,8-9,12-15H2,1H3,(H,24,27). The number of amides is 2. The fourth-order valence-electron chi connectivity index (χ4n) is 3.30. The van der Waals surface area contributed by atoms with Crippen LogP contribution >= 0.6 is 0 Å². The first-order chi connectivity index (χ1) is 13.3. The van der Waals surface area contributed by atoms with Gasteiger partial charge in [0.05, 0.1) is 24.3 Å². The van der Waals surface area contributed by atoms with E-state index in [0.717, 1.165) is 44.8 Å². The van der Waals surface area contributed by atoms with Crippen molar-refractivity contribution in [2.45, 2.75) is 45.2 Å². The summed E-state index contributed by atoms with van der Waals surface area (Å²) in [5.74, 6) is -0.605. The van der Waals surface area contributed by atoms with Crippen LogP contribution in [-0.4, -0.2) is 54.3 Å². The Kier molecular flexibility index (Phi) is 8.29. The van der Waals surface area contributed by atoms with Crippen molar-refractivity contribution in [3.8, 4) is 0 Å². The van der Waals surface area contributed by atoms with E-state index in [1.807, 2.05) is 11.8 Å². The van der Waals surface area contributed by atoms with Crippen LogP contribution in [0.3, 0.4) is 0 Å². The number of hydrogen-bond acceptors (Lipinski definition) is 3. The molecule has 1 aliphatic heterocycles. The molecule has 0 saturated carbocycles. The molecule has 0 aliphatic carbocycles. The zero-order valence-corrected chi connectivity index (χ0v) is 16.2. The average molecular weight is 399 g/mol. The fourth-order valence-corrected chi connectivity index (χ4v) is 3.30. The Hall–Kier alpha value is -2.09. The summed E-state index contributed by atoms with van der Waals surface area (Å²) in [4.78, 5) is 28.3. The summed E-state index contributed by atoms with van der Waals surface area (Å²) >= 11 is 0. The van der Waals surface area contributed by atoms with E-state index in [-0.39, 0.29) is 24.7 Å². The largest absolute Gasteiger partial charge is 0.418 e. The zero-order valence-electron chi connectivity index (χ0n) is 16.2. The van der Waals surface area contributed by atoms with E-state index in [0.29, 0.717) is 6.54 Å². The Morgan fingerprint density at radius 2 is 1.64 bits per heavy atom. The quantitative estimate of drug-likeness (QED) is 0.793. The molecule has 1 N–H and O–H groups in total. The molecular formula is C20H28F3N3O2. The minimum Gasteiger partial charge on any atom is -0.342 e. The highest BCUT2D eigenvalue weighted by atomic mass is 19.4. The van der Waals surface area contributed by atoms with Crippen molar-refractivity contribution in [3.05, 3.63) is 29.8 Å². The van der Waals surface area contributed by atoms with Crippen LogP contribution in [0.5, 0.6) is 0 Å². The highest BCUT2D eigenvalue weighted by molar-refractivity contribution is 5.93. The van der Waals surface area contributed by atoms with Crippen molar-refractivity contribution in [1.29, 1.82) is 0 Å². The number of alkyl halides is 3. The molecule has 0 bridgehead atoms. The molecule has 1 saturated heterocycles. The molecule has 2 amide bonds. The van der Waals surface area contributed by atoms with E-state index in [2.05, 4.69) is 5.32 Å². The first-order valence-corrected chi connectivity index (χ1v) is 9.77. The molecule has 0 aromatic heterocycles. The molecule has 1 heterocycles. The van der Waals surface area contributed by atoms with Crippen LogP contribution in [0, 0.1) is 0 Å². The summed E-state index contributed by atoms with van der Waals surface area (Å²) in [5, 5.41) is 2.33. The second-order valence-electron chi connectivity index (χ2n) is 7.04. The van der Waals surface area contributed by atoms with Gasteiger partial charge in [0.15, 0.2) is 0 Å². The van der Waals surface area contributed by atoms with Gasteiger partial charge >= 0.3 is 6.18 Å². The van der Waals surface area contributed by atoms with Gasteiger partial charge in [0, 0.05) is 13.1 Å². The SMILES string of the molecule is CCN(CC(=O)Nc1ccccc1C(F)(F)F)CC(=O)N1CCCCCCC1. The van der Waals surface area contributed by atoms with Gasteiger partial charge in [-0.1, -0.05) is 38.3 Å². The summed E-state index contributed by atoms with van der Waals surface area (Å²) < 4.78 is 39.2. The maximum Gasteiger partial charge on any atom is 0.418 e. The second-order valence-corrected chi connectivity index (χ2v) is 7.04. The first-order valence-electron chi connectivity index (χ1n) is 9.77. The molecule has 1 aromatic carbocycles. The Bertz CT molecular complexity index is 656. The van der Waals surface area contributed by atoms with Crippen molar-refractivity contribution >= 4 is 17.5 Å². The molecule has 0 atom stereocenters. The summed E-state index contributed by atoms with van der Waals surface area (Å²) in [5.41, 5.74) is -1.16. The lowest BCUT2D eigenvalue weighted by Gasteiger charge is -2.28. The van der Waals surface area contributed by atoms with Crippen LogP contribution in [-0.2, 0) is 15.8 Å². The van der Waals surface area contributed by atoms with Gasteiger partial charge in [0.2, 0.25) is 11.8 Å². The molecule has 28 heavy (non-hydrogen) atoms. The van der Waals surface area contributed by atoms with E-state index in [1.165, 1.54) is 24.6 Å². The Morgan fingerprint density at radius 3 is 2.25 bits per heavy atom. The van der Waals surface area contributed by atoms with Crippen LogP contribution in [0.1, 0.15) is 44.6 Å². The number of para-hydroxylation sites is 1. The lowest BCUT2D eigenvalue weighted by atomic mass is 10.1. The van der Waals surface area contributed by atoms with Gasteiger partial charge in [-0.2, -0.15) is 13.2 Å². The predicted molar refractivity (Wildman–Crippen MR) is 102 cm³/mol. The number of hydrogen-bond donors (Lipinski definition) is 1. The highest BCUT2D eigenvalue weighted by Crippen LogP contribution is 2.34. The minimum absolute atomic E-state index is 0.0350. The number of carbonyl (C=O) groups excluding carboxylic acids is 2. The number of likely N-dealkylation sites (tertiary alicyclic amines) is 1. The first kappa shape index (κ1) is 22.2. The third kappa shape index (κ3) is 6.82. The minimum atomic E-state index is -4.55. The predicted octanol–water partition coefficient (Wildman–Crippen LogP) is 3.76. The number of nitrogens with one attached hydrogen (secondary N) is 1. The molecule has 8 heteroatoms.